The SMILES string of the molecule is CC(C)OCCN(C)c1nc2c(s1)CCCC2C(=O)O. The number of aryl methyl sites for hydroxylation is 1. The molecule has 0 bridgehead atoms. The molecule has 2 rings (SSSR count). The molecule has 1 aliphatic rings. The first-order valence-corrected chi connectivity index (χ1v) is 7.85. The summed E-state index contributed by atoms with van der Waals surface area (Å²) in [6, 6.07) is 0. The van der Waals surface area contributed by atoms with Crippen molar-refractivity contribution in [1.29, 1.82) is 0 Å². The second-order valence-corrected chi connectivity index (χ2v) is 6.49. The zero-order valence-electron chi connectivity index (χ0n) is 12.3. The smallest absolute Gasteiger partial charge is 0.312 e. The lowest BCUT2D eigenvalue weighted by atomic mass is 9.91. The number of carboxylic acids is 1. The second-order valence-electron chi connectivity index (χ2n) is 5.43. The van der Waals surface area contributed by atoms with Gasteiger partial charge in [0.15, 0.2) is 5.13 Å². The summed E-state index contributed by atoms with van der Waals surface area (Å²) in [4.78, 5) is 19.0. The van der Waals surface area contributed by atoms with Gasteiger partial charge < -0.3 is 14.7 Å². The van der Waals surface area contributed by atoms with Crippen LogP contribution >= 0.6 is 11.3 Å². The van der Waals surface area contributed by atoms with E-state index < -0.39 is 11.9 Å². The van der Waals surface area contributed by atoms with E-state index in [1.54, 1.807) is 11.3 Å². The lowest BCUT2D eigenvalue weighted by Crippen LogP contribution is -2.24. The van der Waals surface area contributed by atoms with Crippen LogP contribution in [0.4, 0.5) is 5.13 Å². The Morgan fingerprint density at radius 1 is 1.60 bits per heavy atom. The first-order valence-electron chi connectivity index (χ1n) is 7.04. The third-order valence-corrected chi connectivity index (χ3v) is 4.69. The highest BCUT2D eigenvalue weighted by atomic mass is 32.1. The maximum Gasteiger partial charge on any atom is 0.312 e. The van der Waals surface area contributed by atoms with E-state index in [-0.39, 0.29) is 6.10 Å². The number of carbonyl (C=O) groups is 1. The van der Waals surface area contributed by atoms with E-state index in [1.807, 2.05) is 25.8 Å². The number of likely N-dealkylation sites (N-methyl/N-ethyl adjacent to an activating group) is 1. The van der Waals surface area contributed by atoms with Gasteiger partial charge in [0.25, 0.3) is 0 Å². The topological polar surface area (TPSA) is 62.7 Å². The molecule has 1 N–H and O–H groups in total. The molecule has 0 aliphatic heterocycles. The third kappa shape index (κ3) is 3.49. The van der Waals surface area contributed by atoms with Gasteiger partial charge >= 0.3 is 5.97 Å². The van der Waals surface area contributed by atoms with Crippen molar-refractivity contribution in [3.8, 4) is 0 Å². The fraction of sp³-hybridized carbons (Fsp3) is 0.714. The van der Waals surface area contributed by atoms with Gasteiger partial charge in [-0.05, 0) is 33.1 Å². The van der Waals surface area contributed by atoms with Crippen LogP contribution in [-0.4, -0.2) is 42.4 Å². The molecule has 0 amide bonds. The molecule has 0 saturated heterocycles. The van der Waals surface area contributed by atoms with Crippen LogP contribution in [0, 0.1) is 0 Å². The minimum atomic E-state index is -0.756. The number of thiazole rings is 1. The largest absolute Gasteiger partial charge is 0.481 e. The summed E-state index contributed by atoms with van der Waals surface area (Å²) < 4.78 is 5.54. The number of hydrogen-bond donors (Lipinski definition) is 1. The van der Waals surface area contributed by atoms with E-state index >= 15 is 0 Å². The highest BCUT2D eigenvalue weighted by molar-refractivity contribution is 7.15. The van der Waals surface area contributed by atoms with E-state index in [4.69, 9.17) is 4.74 Å². The maximum atomic E-state index is 11.3. The van der Waals surface area contributed by atoms with Crippen LogP contribution in [0.2, 0.25) is 0 Å². The molecule has 1 aromatic heterocycles. The second kappa shape index (κ2) is 6.54. The molecule has 20 heavy (non-hydrogen) atoms. The molecule has 5 nitrogen and oxygen atoms in total. The molecular formula is C14H22N2O3S. The van der Waals surface area contributed by atoms with Gasteiger partial charge in [-0.1, -0.05) is 0 Å². The summed E-state index contributed by atoms with van der Waals surface area (Å²) in [5.41, 5.74) is 0.778. The average molecular weight is 298 g/mol. The van der Waals surface area contributed by atoms with Crippen molar-refractivity contribution in [2.75, 3.05) is 25.1 Å². The predicted molar refractivity (Wildman–Crippen MR) is 79.8 cm³/mol. The standard InChI is InChI=1S/C14H22N2O3S/c1-9(2)19-8-7-16(3)14-15-12-10(13(17)18)5-4-6-11(12)20-14/h9-10H,4-8H2,1-3H3,(H,17,18). The van der Waals surface area contributed by atoms with Gasteiger partial charge in [0.05, 0.1) is 18.4 Å². The van der Waals surface area contributed by atoms with Crippen LogP contribution in [0.5, 0.6) is 0 Å². The van der Waals surface area contributed by atoms with Crippen molar-refractivity contribution in [2.24, 2.45) is 0 Å². The Balaban J connectivity index is 2.05. The molecule has 0 spiro atoms. The first kappa shape index (κ1) is 15.3. The minimum absolute atomic E-state index is 0.226. The van der Waals surface area contributed by atoms with Crippen LogP contribution in [-0.2, 0) is 16.0 Å². The van der Waals surface area contributed by atoms with Crippen LogP contribution in [0.3, 0.4) is 0 Å². The molecule has 0 saturated carbocycles. The molecule has 1 aromatic rings. The number of aliphatic carboxylic acids is 1. The fourth-order valence-electron chi connectivity index (χ4n) is 2.33. The third-order valence-electron chi connectivity index (χ3n) is 3.45. The lowest BCUT2D eigenvalue weighted by Gasteiger charge is -2.17. The monoisotopic (exact) mass is 298 g/mol. The zero-order valence-corrected chi connectivity index (χ0v) is 13.1. The van der Waals surface area contributed by atoms with E-state index in [1.165, 1.54) is 0 Å². The number of hydrogen-bond acceptors (Lipinski definition) is 5. The normalized spacial score (nSPS) is 18.1. The number of fused-ring (bicyclic) bond motifs is 1. The lowest BCUT2D eigenvalue weighted by molar-refractivity contribution is -0.139. The van der Waals surface area contributed by atoms with Gasteiger partial charge in [-0.25, -0.2) is 4.98 Å². The number of carboxylic acid groups (broad SMARTS) is 1. The number of rotatable bonds is 6. The molecule has 6 heteroatoms. The van der Waals surface area contributed by atoms with Crippen molar-refractivity contribution in [1.82, 2.24) is 4.98 Å². The van der Waals surface area contributed by atoms with Crippen molar-refractivity contribution >= 4 is 22.4 Å². The van der Waals surface area contributed by atoms with Gasteiger partial charge in [0, 0.05) is 18.5 Å². The Morgan fingerprint density at radius 2 is 2.35 bits per heavy atom. The van der Waals surface area contributed by atoms with Crippen molar-refractivity contribution in [3.05, 3.63) is 10.6 Å². The number of aromatic nitrogens is 1. The van der Waals surface area contributed by atoms with Crippen molar-refractivity contribution in [2.45, 2.75) is 45.1 Å². The molecule has 112 valence electrons. The van der Waals surface area contributed by atoms with Crippen molar-refractivity contribution < 1.29 is 14.6 Å². The maximum absolute atomic E-state index is 11.3. The number of anilines is 1. The van der Waals surface area contributed by atoms with E-state index in [2.05, 4.69) is 4.98 Å². The summed E-state index contributed by atoms with van der Waals surface area (Å²) in [7, 11) is 1.98. The highest BCUT2D eigenvalue weighted by Gasteiger charge is 2.30. The Morgan fingerprint density at radius 3 is 3.00 bits per heavy atom. The van der Waals surface area contributed by atoms with Crippen LogP contribution < -0.4 is 4.90 Å². The molecule has 1 aliphatic carbocycles. The van der Waals surface area contributed by atoms with Gasteiger partial charge in [0.2, 0.25) is 0 Å². The Hall–Kier alpha value is -1.14. The molecule has 0 radical (unpaired) electrons. The first-order chi connectivity index (χ1) is 9.49. The van der Waals surface area contributed by atoms with Gasteiger partial charge in [-0.2, -0.15) is 0 Å². The predicted octanol–water partition coefficient (Wildman–Crippen LogP) is 2.51. The Labute approximate surface area is 123 Å². The van der Waals surface area contributed by atoms with Crippen LogP contribution in [0.25, 0.3) is 0 Å². The van der Waals surface area contributed by atoms with Gasteiger partial charge in [-0.3, -0.25) is 4.79 Å². The zero-order chi connectivity index (χ0) is 14.7. The minimum Gasteiger partial charge on any atom is -0.481 e. The molecule has 1 unspecified atom stereocenters. The van der Waals surface area contributed by atoms with E-state index in [0.29, 0.717) is 13.0 Å². The average Bonchev–Trinajstić information content (AvgIpc) is 2.81. The summed E-state index contributed by atoms with van der Waals surface area (Å²) in [5.74, 6) is -1.18. The molecule has 0 fully saturated rings. The molecule has 1 atom stereocenters. The summed E-state index contributed by atoms with van der Waals surface area (Å²) >= 11 is 1.62. The molecule has 0 aromatic carbocycles. The summed E-state index contributed by atoms with van der Waals surface area (Å²) in [6.45, 7) is 5.45. The quantitative estimate of drug-likeness (QED) is 0.874. The summed E-state index contributed by atoms with van der Waals surface area (Å²) in [5, 5.41) is 10.2. The number of nitrogens with zero attached hydrogens (tertiary/aromatic N) is 2. The highest BCUT2D eigenvalue weighted by Crippen LogP contribution is 2.37. The van der Waals surface area contributed by atoms with Crippen LogP contribution in [0.15, 0.2) is 0 Å². The number of ether oxygens (including phenoxy) is 1. The van der Waals surface area contributed by atoms with Gasteiger partial charge in [0.1, 0.15) is 5.92 Å². The fourth-order valence-corrected chi connectivity index (χ4v) is 3.48. The molecule has 1 heterocycles. The van der Waals surface area contributed by atoms with E-state index in [0.717, 1.165) is 35.1 Å². The van der Waals surface area contributed by atoms with E-state index in [9.17, 15) is 9.90 Å². The Kier molecular flexibility index (Phi) is 4.99. The molecular weight excluding hydrogens is 276 g/mol. The van der Waals surface area contributed by atoms with Crippen molar-refractivity contribution in [3.63, 3.8) is 0 Å². The van der Waals surface area contributed by atoms with Crippen LogP contribution in [0.1, 0.15) is 43.2 Å². The Bertz CT molecular complexity index is 473. The summed E-state index contributed by atoms with van der Waals surface area (Å²) in [6.07, 6.45) is 2.81. The van der Waals surface area contributed by atoms with Gasteiger partial charge in [-0.15, -0.1) is 11.3 Å².